The topological polar surface area (TPSA) is 51.2 Å². The van der Waals surface area contributed by atoms with Crippen LogP contribution < -0.4 is 10.1 Å². The molecule has 0 unspecified atom stereocenters. The van der Waals surface area contributed by atoms with E-state index in [0.29, 0.717) is 18.1 Å². The number of nitrogens with zero attached hydrogens (tertiary/aromatic N) is 1. The number of anilines is 1. The number of aromatic nitrogens is 1. The van der Waals surface area contributed by atoms with Gasteiger partial charge in [0.05, 0.1) is 0 Å². The van der Waals surface area contributed by atoms with Gasteiger partial charge in [-0.2, -0.15) is 0 Å². The summed E-state index contributed by atoms with van der Waals surface area (Å²) in [6, 6.07) is 11.0. The second-order valence-electron chi connectivity index (χ2n) is 3.76. The quantitative estimate of drug-likeness (QED) is 0.749. The summed E-state index contributed by atoms with van der Waals surface area (Å²) < 4.78 is 5.55. The van der Waals surface area contributed by atoms with Crippen LogP contribution in [0.2, 0.25) is 0 Å². The number of benzene rings is 1. The lowest BCUT2D eigenvalue weighted by molar-refractivity contribution is 0.101. The second kappa shape index (κ2) is 3.90. The van der Waals surface area contributed by atoms with E-state index in [-0.39, 0.29) is 5.91 Å². The van der Waals surface area contributed by atoms with Crippen molar-refractivity contribution in [2.45, 2.75) is 6.61 Å². The summed E-state index contributed by atoms with van der Waals surface area (Å²) in [5, 5.41) is 2.86. The summed E-state index contributed by atoms with van der Waals surface area (Å²) in [5.74, 6) is 0.180. The molecule has 0 atom stereocenters. The second-order valence-corrected chi connectivity index (χ2v) is 3.76. The van der Waals surface area contributed by atoms with Crippen molar-refractivity contribution in [1.82, 2.24) is 4.98 Å². The van der Waals surface area contributed by atoms with Crippen LogP contribution in [0.15, 0.2) is 42.6 Å². The van der Waals surface area contributed by atoms with Gasteiger partial charge in [0.25, 0.3) is 5.91 Å². The molecular formula is C13H10N2O2. The van der Waals surface area contributed by atoms with Gasteiger partial charge < -0.3 is 10.1 Å². The average Bonchev–Trinajstić information content (AvgIpc) is 2.36. The zero-order chi connectivity index (χ0) is 11.7. The highest BCUT2D eigenvalue weighted by atomic mass is 16.5. The molecular weight excluding hydrogens is 216 g/mol. The van der Waals surface area contributed by atoms with Crippen LogP contribution in [0.3, 0.4) is 0 Å². The van der Waals surface area contributed by atoms with Crippen molar-refractivity contribution in [1.29, 1.82) is 0 Å². The first-order chi connectivity index (χ1) is 8.34. The van der Waals surface area contributed by atoms with Gasteiger partial charge in [0.1, 0.15) is 12.2 Å². The molecule has 17 heavy (non-hydrogen) atoms. The maximum absolute atomic E-state index is 12.0. The fourth-order valence-corrected chi connectivity index (χ4v) is 1.78. The summed E-state index contributed by atoms with van der Waals surface area (Å²) in [7, 11) is 0. The van der Waals surface area contributed by atoms with Crippen molar-refractivity contribution in [2.75, 3.05) is 5.32 Å². The van der Waals surface area contributed by atoms with Gasteiger partial charge >= 0.3 is 0 Å². The minimum atomic E-state index is -0.194. The van der Waals surface area contributed by atoms with Gasteiger partial charge in [0.2, 0.25) is 5.88 Å². The number of ether oxygens (including phenoxy) is 1. The highest BCUT2D eigenvalue weighted by Gasteiger charge is 2.18. The lowest BCUT2D eigenvalue weighted by Gasteiger charge is -2.17. The average molecular weight is 226 g/mol. The molecule has 0 bridgehead atoms. The van der Waals surface area contributed by atoms with E-state index in [1.807, 2.05) is 24.3 Å². The number of fused-ring (bicyclic) bond motifs is 2. The van der Waals surface area contributed by atoms with Crippen molar-refractivity contribution in [3.05, 3.63) is 53.7 Å². The van der Waals surface area contributed by atoms with Gasteiger partial charge in [0.15, 0.2) is 0 Å². The fourth-order valence-electron chi connectivity index (χ4n) is 1.78. The third kappa shape index (κ3) is 1.73. The third-order valence-electron chi connectivity index (χ3n) is 2.65. The Kier molecular flexibility index (Phi) is 2.26. The lowest BCUT2D eigenvalue weighted by Crippen LogP contribution is -2.18. The Bertz CT molecular complexity index is 581. The molecule has 1 aliphatic heterocycles. The maximum Gasteiger partial charge on any atom is 0.261 e. The molecule has 0 radical (unpaired) electrons. The van der Waals surface area contributed by atoms with E-state index >= 15 is 0 Å². The fraction of sp³-hybridized carbons (Fsp3) is 0.0769. The van der Waals surface area contributed by atoms with Crippen molar-refractivity contribution in [2.24, 2.45) is 0 Å². The number of para-hydroxylation sites is 1. The molecule has 1 aliphatic rings. The molecule has 0 saturated carbocycles. The standard InChI is InChI=1S/C13H10N2O2/c16-12-10-5-3-7-14-13(10)17-8-9-4-1-2-6-11(9)15-12/h1-7H,8H2,(H,15,16). The number of rotatable bonds is 0. The number of hydrogen-bond donors (Lipinski definition) is 1. The molecule has 2 heterocycles. The van der Waals surface area contributed by atoms with E-state index in [9.17, 15) is 4.79 Å². The van der Waals surface area contributed by atoms with E-state index in [1.54, 1.807) is 18.3 Å². The summed E-state index contributed by atoms with van der Waals surface area (Å²) in [6.07, 6.45) is 1.61. The highest BCUT2D eigenvalue weighted by molar-refractivity contribution is 6.06. The van der Waals surface area contributed by atoms with Crippen molar-refractivity contribution in [3.8, 4) is 5.88 Å². The molecule has 1 aromatic heterocycles. The predicted octanol–water partition coefficient (Wildman–Crippen LogP) is 2.23. The summed E-state index contributed by atoms with van der Waals surface area (Å²) >= 11 is 0. The van der Waals surface area contributed by atoms with Crippen LogP contribution in [-0.2, 0) is 6.61 Å². The van der Waals surface area contributed by atoms with E-state index in [2.05, 4.69) is 10.3 Å². The Hall–Kier alpha value is -2.36. The molecule has 3 rings (SSSR count). The van der Waals surface area contributed by atoms with Gasteiger partial charge in [-0.25, -0.2) is 4.98 Å². The summed E-state index contributed by atoms with van der Waals surface area (Å²) in [5.41, 5.74) is 2.19. The van der Waals surface area contributed by atoms with E-state index in [1.165, 1.54) is 0 Å². The third-order valence-corrected chi connectivity index (χ3v) is 2.65. The molecule has 0 saturated heterocycles. The minimum absolute atomic E-state index is 0.194. The minimum Gasteiger partial charge on any atom is -0.472 e. The molecule has 4 nitrogen and oxygen atoms in total. The normalized spacial score (nSPS) is 13.5. The Labute approximate surface area is 98.3 Å². The Balaban J connectivity index is 2.06. The van der Waals surface area contributed by atoms with Crippen LogP contribution in [0.25, 0.3) is 0 Å². The van der Waals surface area contributed by atoms with Crippen LogP contribution in [0.5, 0.6) is 5.88 Å². The molecule has 0 aliphatic carbocycles. The molecule has 4 heteroatoms. The van der Waals surface area contributed by atoms with Crippen LogP contribution in [-0.4, -0.2) is 10.9 Å². The molecule has 0 spiro atoms. The Morgan fingerprint density at radius 2 is 2.06 bits per heavy atom. The first-order valence-electron chi connectivity index (χ1n) is 5.31. The molecule has 2 aromatic rings. The highest BCUT2D eigenvalue weighted by Crippen LogP contribution is 2.24. The number of carbonyl (C=O) groups is 1. The first-order valence-corrected chi connectivity index (χ1v) is 5.31. The number of nitrogens with one attached hydrogen (secondary N) is 1. The summed E-state index contributed by atoms with van der Waals surface area (Å²) in [6.45, 7) is 0.403. The van der Waals surface area contributed by atoms with Crippen molar-refractivity contribution < 1.29 is 9.53 Å². The Morgan fingerprint density at radius 3 is 3.00 bits per heavy atom. The largest absolute Gasteiger partial charge is 0.472 e. The van der Waals surface area contributed by atoms with E-state index < -0.39 is 0 Å². The summed E-state index contributed by atoms with van der Waals surface area (Å²) in [4.78, 5) is 16.1. The Morgan fingerprint density at radius 1 is 1.18 bits per heavy atom. The molecule has 0 fully saturated rings. The molecule has 1 N–H and O–H groups in total. The zero-order valence-corrected chi connectivity index (χ0v) is 9.01. The van der Waals surface area contributed by atoms with Gasteiger partial charge in [0, 0.05) is 17.4 Å². The molecule has 1 aromatic carbocycles. The first kappa shape index (κ1) is 9.84. The van der Waals surface area contributed by atoms with Crippen molar-refractivity contribution >= 4 is 11.6 Å². The SMILES string of the molecule is O=C1Nc2ccccc2COc2ncccc21. The van der Waals surface area contributed by atoms with Crippen LogP contribution in [0.1, 0.15) is 15.9 Å². The number of pyridine rings is 1. The predicted molar refractivity (Wildman–Crippen MR) is 63.0 cm³/mol. The van der Waals surface area contributed by atoms with E-state index in [4.69, 9.17) is 4.74 Å². The van der Waals surface area contributed by atoms with E-state index in [0.717, 1.165) is 11.3 Å². The number of hydrogen-bond acceptors (Lipinski definition) is 3. The van der Waals surface area contributed by atoms with Crippen LogP contribution in [0.4, 0.5) is 5.69 Å². The van der Waals surface area contributed by atoms with Crippen molar-refractivity contribution in [3.63, 3.8) is 0 Å². The molecule has 1 amide bonds. The zero-order valence-electron chi connectivity index (χ0n) is 9.01. The maximum atomic E-state index is 12.0. The number of amides is 1. The van der Waals surface area contributed by atoms with Gasteiger partial charge in [-0.1, -0.05) is 18.2 Å². The monoisotopic (exact) mass is 226 g/mol. The molecule has 84 valence electrons. The van der Waals surface area contributed by atoms with Gasteiger partial charge in [-0.05, 0) is 18.2 Å². The smallest absolute Gasteiger partial charge is 0.261 e. The van der Waals surface area contributed by atoms with Crippen LogP contribution in [0, 0.1) is 0 Å². The number of carbonyl (C=O) groups excluding carboxylic acids is 1. The lowest BCUT2D eigenvalue weighted by atomic mass is 10.1. The van der Waals surface area contributed by atoms with Gasteiger partial charge in [-0.3, -0.25) is 4.79 Å². The van der Waals surface area contributed by atoms with Gasteiger partial charge in [-0.15, -0.1) is 0 Å². The van der Waals surface area contributed by atoms with Crippen LogP contribution >= 0.6 is 0 Å².